The SMILES string of the molecule is Cc1ccccc1CS(=O)(=O)NCCCN1CCN(c2ccccc2)CC1. The maximum Gasteiger partial charge on any atom is 0.215 e. The molecular formula is C21H29N3O2S. The average molecular weight is 388 g/mol. The van der Waals surface area contributed by atoms with E-state index in [4.69, 9.17) is 0 Å². The van der Waals surface area contributed by atoms with Crippen molar-refractivity contribution in [3.63, 3.8) is 0 Å². The van der Waals surface area contributed by atoms with Gasteiger partial charge in [0.1, 0.15) is 0 Å². The van der Waals surface area contributed by atoms with Crippen LogP contribution >= 0.6 is 0 Å². The second kappa shape index (κ2) is 9.35. The van der Waals surface area contributed by atoms with Crippen LogP contribution in [-0.2, 0) is 15.8 Å². The van der Waals surface area contributed by atoms with E-state index < -0.39 is 10.0 Å². The van der Waals surface area contributed by atoms with Crippen molar-refractivity contribution < 1.29 is 8.42 Å². The molecule has 0 radical (unpaired) electrons. The van der Waals surface area contributed by atoms with Crippen molar-refractivity contribution in [3.8, 4) is 0 Å². The summed E-state index contributed by atoms with van der Waals surface area (Å²) in [7, 11) is -3.28. The van der Waals surface area contributed by atoms with Gasteiger partial charge in [-0.1, -0.05) is 42.5 Å². The van der Waals surface area contributed by atoms with Gasteiger partial charge in [0.2, 0.25) is 10.0 Å². The van der Waals surface area contributed by atoms with Crippen molar-refractivity contribution in [3.05, 3.63) is 65.7 Å². The molecule has 0 aliphatic carbocycles. The van der Waals surface area contributed by atoms with E-state index in [1.165, 1.54) is 5.69 Å². The van der Waals surface area contributed by atoms with Gasteiger partial charge >= 0.3 is 0 Å². The van der Waals surface area contributed by atoms with Crippen LogP contribution in [0.2, 0.25) is 0 Å². The first-order valence-corrected chi connectivity index (χ1v) is 11.2. The lowest BCUT2D eigenvalue weighted by atomic mass is 10.1. The van der Waals surface area contributed by atoms with Crippen molar-refractivity contribution in [1.82, 2.24) is 9.62 Å². The number of nitrogens with one attached hydrogen (secondary N) is 1. The van der Waals surface area contributed by atoms with E-state index >= 15 is 0 Å². The molecule has 0 bridgehead atoms. The summed E-state index contributed by atoms with van der Waals surface area (Å²) in [5.74, 6) is 0.0510. The standard InChI is InChI=1S/C21H29N3O2S/c1-19-8-5-6-9-20(19)18-27(25,26)22-12-7-13-23-14-16-24(17-15-23)21-10-3-2-4-11-21/h2-6,8-11,22H,7,12-18H2,1H3. The van der Waals surface area contributed by atoms with Gasteiger partial charge in [-0.3, -0.25) is 4.90 Å². The molecular weight excluding hydrogens is 358 g/mol. The predicted octanol–water partition coefficient (Wildman–Crippen LogP) is 2.63. The van der Waals surface area contributed by atoms with E-state index in [9.17, 15) is 8.42 Å². The molecule has 1 aliphatic heterocycles. The van der Waals surface area contributed by atoms with Crippen LogP contribution in [-0.4, -0.2) is 52.6 Å². The number of benzene rings is 2. The number of aryl methyl sites for hydroxylation is 1. The van der Waals surface area contributed by atoms with Crippen molar-refractivity contribution in [2.75, 3.05) is 44.2 Å². The number of nitrogens with zero attached hydrogens (tertiary/aromatic N) is 2. The summed E-state index contributed by atoms with van der Waals surface area (Å²) in [6.45, 7) is 7.43. The molecule has 1 saturated heterocycles. The Morgan fingerprint density at radius 2 is 1.59 bits per heavy atom. The van der Waals surface area contributed by atoms with Crippen molar-refractivity contribution >= 4 is 15.7 Å². The maximum absolute atomic E-state index is 12.3. The molecule has 2 aromatic carbocycles. The van der Waals surface area contributed by atoms with Gasteiger partial charge in [0.25, 0.3) is 0 Å². The van der Waals surface area contributed by atoms with Gasteiger partial charge in [0, 0.05) is 38.4 Å². The van der Waals surface area contributed by atoms with Crippen LogP contribution in [0.1, 0.15) is 17.5 Å². The van der Waals surface area contributed by atoms with Gasteiger partial charge in [0.15, 0.2) is 0 Å². The monoisotopic (exact) mass is 387 g/mol. The lowest BCUT2D eigenvalue weighted by Crippen LogP contribution is -2.47. The molecule has 0 spiro atoms. The number of para-hydroxylation sites is 1. The van der Waals surface area contributed by atoms with Crippen LogP contribution in [0.15, 0.2) is 54.6 Å². The first-order chi connectivity index (χ1) is 13.0. The zero-order valence-electron chi connectivity index (χ0n) is 16.0. The van der Waals surface area contributed by atoms with E-state index in [0.29, 0.717) is 6.54 Å². The van der Waals surface area contributed by atoms with Crippen LogP contribution in [0.3, 0.4) is 0 Å². The largest absolute Gasteiger partial charge is 0.369 e. The topological polar surface area (TPSA) is 52.7 Å². The molecule has 0 atom stereocenters. The van der Waals surface area contributed by atoms with Crippen LogP contribution in [0, 0.1) is 6.92 Å². The Morgan fingerprint density at radius 3 is 2.30 bits per heavy atom. The molecule has 27 heavy (non-hydrogen) atoms. The maximum atomic E-state index is 12.3. The molecule has 1 heterocycles. The Balaban J connectivity index is 1.36. The average Bonchev–Trinajstić information content (AvgIpc) is 2.68. The number of piperazine rings is 1. The van der Waals surface area contributed by atoms with Crippen LogP contribution < -0.4 is 9.62 Å². The number of anilines is 1. The van der Waals surface area contributed by atoms with Gasteiger partial charge in [0.05, 0.1) is 5.75 Å². The molecule has 0 unspecified atom stereocenters. The van der Waals surface area contributed by atoms with Gasteiger partial charge < -0.3 is 4.90 Å². The smallest absolute Gasteiger partial charge is 0.215 e. The minimum atomic E-state index is -3.28. The molecule has 0 saturated carbocycles. The highest BCUT2D eigenvalue weighted by atomic mass is 32.2. The zero-order valence-corrected chi connectivity index (χ0v) is 16.8. The Labute approximate surface area is 163 Å². The highest BCUT2D eigenvalue weighted by molar-refractivity contribution is 7.88. The Kier molecular flexibility index (Phi) is 6.88. The number of rotatable bonds is 8. The van der Waals surface area contributed by atoms with Crippen LogP contribution in [0.5, 0.6) is 0 Å². The molecule has 1 aliphatic rings. The lowest BCUT2D eigenvalue weighted by molar-refractivity contribution is 0.255. The minimum Gasteiger partial charge on any atom is -0.369 e. The summed E-state index contributed by atoms with van der Waals surface area (Å²) in [4.78, 5) is 4.82. The van der Waals surface area contributed by atoms with E-state index in [-0.39, 0.29) is 5.75 Å². The van der Waals surface area contributed by atoms with Crippen LogP contribution in [0.25, 0.3) is 0 Å². The summed E-state index contributed by atoms with van der Waals surface area (Å²) in [6, 6.07) is 18.1. The second-order valence-corrected chi connectivity index (χ2v) is 8.90. The van der Waals surface area contributed by atoms with E-state index in [2.05, 4.69) is 38.8 Å². The van der Waals surface area contributed by atoms with Crippen LogP contribution in [0.4, 0.5) is 5.69 Å². The molecule has 2 aromatic rings. The Hall–Kier alpha value is -1.89. The summed E-state index contributed by atoms with van der Waals surface area (Å²) < 4.78 is 27.3. The van der Waals surface area contributed by atoms with Crippen molar-refractivity contribution in [1.29, 1.82) is 0 Å². The molecule has 146 valence electrons. The molecule has 5 nitrogen and oxygen atoms in total. The van der Waals surface area contributed by atoms with Gasteiger partial charge in [-0.05, 0) is 43.1 Å². The molecule has 0 aromatic heterocycles. The van der Waals surface area contributed by atoms with Crippen molar-refractivity contribution in [2.45, 2.75) is 19.1 Å². The highest BCUT2D eigenvalue weighted by Gasteiger charge is 2.17. The highest BCUT2D eigenvalue weighted by Crippen LogP contribution is 2.15. The quantitative estimate of drug-likeness (QED) is 0.708. The third-order valence-electron chi connectivity index (χ3n) is 5.07. The first kappa shape index (κ1) is 19.9. The van der Waals surface area contributed by atoms with E-state index in [1.54, 1.807) is 0 Å². The fourth-order valence-corrected chi connectivity index (χ4v) is 4.72. The molecule has 3 rings (SSSR count). The molecule has 6 heteroatoms. The molecule has 1 N–H and O–H groups in total. The molecule has 0 amide bonds. The van der Waals surface area contributed by atoms with Crippen molar-refractivity contribution in [2.24, 2.45) is 0 Å². The third kappa shape index (κ3) is 6.06. The Morgan fingerprint density at radius 1 is 0.926 bits per heavy atom. The zero-order chi connectivity index (χ0) is 19.1. The second-order valence-electron chi connectivity index (χ2n) is 7.10. The number of hydrogen-bond acceptors (Lipinski definition) is 4. The van der Waals surface area contributed by atoms with E-state index in [1.807, 2.05) is 37.3 Å². The Bertz CT molecular complexity index is 816. The number of hydrogen-bond donors (Lipinski definition) is 1. The van der Waals surface area contributed by atoms with Gasteiger partial charge in [-0.15, -0.1) is 0 Å². The fourth-order valence-electron chi connectivity index (χ4n) is 3.43. The summed E-state index contributed by atoms with van der Waals surface area (Å²) >= 11 is 0. The van der Waals surface area contributed by atoms with Gasteiger partial charge in [-0.25, -0.2) is 13.1 Å². The lowest BCUT2D eigenvalue weighted by Gasteiger charge is -2.36. The normalized spacial score (nSPS) is 15.8. The third-order valence-corrected chi connectivity index (χ3v) is 6.41. The summed E-state index contributed by atoms with van der Waals surface area (Å²) in [6.07, 6.45) is 0.832. The summed E-state index contributed by atoms with van der Waals surface area (Å²) in [5.41, 5.74) is 3.15. The predicted molar refractivity (Wildman–Crippen MR) is 112 cm³/mol. The van der Waals surface area contributed by atoms with Gasteiger partial charge in [-0.2, -0.15) is 0 Å². The fraction of sp³-hybridized carbons (Fsp3) is 0.429. The first-order valence-electron chi connectivity index (χ1n) is 9.58. The van der Waals surface area contributed by atoms with E-state index in [0.717, 1.165) is 50.3 Å². The minimum absolute atomic E-state index is 0.0510. The molecule has 1 fully saturated rings. The summed E-state index contributed by atoms with van der Waals surface area (Å²) in [5, 5.41) is 0. The number of sulfonamides is 1.